The number of carbonyl (C=O) groups excluding carboxylic acids is 3. The number of ether oxygens (including phenoxy) is 2. The van der Waals surface area contributed by atoms with Gasteiger partial charge in [0.25, 0.3) is 11.8 Å². The second-order valence-corrected chi connectivity index (χ2v) is 9.35. The number of hydrogen-bond donors (Lipinski definition) is 3. The van der Waals surface area contributed by atoms with Crippen LogP contribution < -0.4 is 26.4 Å². The third kappa shape index (κ3) is 5.92. The van der Waals surface area contributed by atoms with Crippen molar-refractivity contribution in [1.29, 1.82) is 0 Å². The highest BCUT2D eigenvalue weighted by Gasteiger charge is 2.36. The normalized spacial score (nSPS) is 15.6. The Morgan fingerprint density at radius 2 is 2.03 bits per heavy atom. The maximum atomic E-state index is 14.4. The lowest BCUT2D eigenvalue weighted by molar-refractivity contribution is -0.123. The van der Waals surface area contributed by atoms with Crippen LogP contribution >= 0.6 is 11.5 Å². The molecule has 0 unspecified atom stereocenters. The smallest absolute Gasteiger partial charge is 0.273 e. The first-order valence-electron chi connectivity index (χ1n) is 12.1. The van der Waals surface area contributed by atoms with Crippen LogP contribution in [-0.2, 0) is 9.53 Å². The zero-order chi connectivity index (χ0) is 27.2. The van der Waals surface area contributed by atoms with E-state index in [9.17, 15) is 18.8 Å². The molecular weight excluding hydrogens is 513 g/mol. The van der Waals surface area contributed by atoms with Gasteiger partial charge in [0, 0.05) is 18.8 Å². The van der Waals surface area contributed by atoms with Crippen LogP contribution in [-0.4, -0.2) is 48.0 Å². The second kappa shape index (κ2) is 12.0. The van der Waals surface area contributed by atoms with E-state index in [1.807, 2.05) is 6.92 Å². The summed E-state index contributed by atoms with van der Waals surface area (Å²) in [5.74, 6) is -2.19. The molecule has 1 saturated heterocycles. The van der Waals surface area contributed by atoms with Crippen LogP contribution in [0.1, 0.15) is 51.5 Å². The van der Waals surface area contributed by atoms with Crippen molar-refractivity contribution in [2.75, 3.05) is 30.4 Å². The van der Waals surface area contributed by atoms with E-state index in [0.29, 0.717) is 36.1 Å². The summed E-state index contributed by atoms with van der Waals surface area (Å²) in [5, 5.41) is 2.87. The zero-order valence-corrected chi connectivity index (χ0v) is 21.5. The van der Waals surface area contributed by atoms with Gasteiger partial charge in [0.15, 0.2) is 5.69 Å². The second-order valence-electron chi connectivity index (χ2n) is 8.58. The standard InChI is InChI=1S/C26H28FN5O5S/c1-2-36-18-10-8-15(9-11-18)22(25(34)30-14-19-7-4-12-37-19)32(17-6-3-5-16(27)13-17)26(35)23-20(28)21(24(29)33)31-38-23/h3,5-6,8-11,13,19,22H,2,4,7,12,14,28H2,1H3,(H2,29,33)(H,30,34)/t19-,22+/m1/s1. The molecule has 5 N–H and O–H groups in total. The predicted octanol–water partition coefficient (Wildman–Crippen LogP) is 3.05. The molecule has 38 heavy (non-hydrogen) atoms. The fourth-order valence-corrected chi connectivity index (χ4v) is 4.94. The molecule has 1 fully saturated rings. The van der Waals surface area contributed by atoms with Crippen molar-refractivity contribution in [3.05, 3.63) is 70.5 Å². The summed E-state index contributed by atoms with van der Waals surface area (Å²) in [6.45, 7) is 3.15. The van der Waals surface area contributed by atoms with Gasteiger partial charge in [-0.1, -0.05) is 18.2 Å². The number of nitrogen functional groups attached to an aromatic ring is 1. The molecule has 3 aromatic rings. The first-order valence-corrected chi connectivity index (χ1v) is 12.8. The maximum absolute atomic E-state index is 14.4. The van der Waals surface area contributed by atoms with Gasteiger partial charge in [0.2, 0.25) is 5.91 Å². The largest absolute Gasteiger partial charge is 0.494 e. The molecule has 10 nitrogen and oxygen atoms in total. The maximum Gasteiger partial charge on any atom is 0.273 e. The van der Waals surface area contributed by atoms with Crippen LogP contribution in [0, 0.1) is 5.82 Å². The van der Waals surface area contributed by atoms with Crippen LogP contribution in [0.2, 0.25) is 0 Å². The van der Waals surface area contributed by atoms with Crippen LogP contribution in [0.25, 0.3) is 0 Å². The lowest BCUT2D eigenvalue weighted by Gasteiger charge is -2.31. The summed E-state index contributed by atoms with van der Waals surface area (Å²) in [6, 6.07) is 10.7. The monoisotopic (exact) mass is 541 g/mol. The molecular formula is C26H28FN5O5S. The molecule has 4 rings (SSSR count). The molecule has 0 bridgehead atoms. The molecule has 0 radical (unpaired) electrons. The number of carbonyl (C=O) groups is 3. The SMILES string of the molecule is CCOc1ccc([C@@H](C(=O)NC[C@H]2CCCO2)N(C(=O)c2snc(C(N)=O)c2N)c2cccc(F)c2)cc1. The van der Waals surface area contributed by atoms with Crippen LogP contribution in [0.15, 0.2) is 48.5 Å². The molecule has 2 atom stereocenters. The van der Waals surface area contributed by atoms with Crippen molar-refractivity contribution < 1.29 is 28.2 Å². The molecule has 1 aliphatic rings. The Hall–Kier alpha value is -4.03. The Kier molecular flexibility index (Phi) is 8.54. The minimum absolute atomic E-state index is 0.106. The quantitative estimate of drug-likeness (QED) is 0.357. The average Bonchev–Trinajstić information content (AvgIpc) is 3.56. The number of primary amides is 1. The van der Waals surface area contributed by atoms with Gasteiger partial charge in [-0.15, -0.1) is 0 Å². The lowest BCUT2D eigenvalue weighted by atomic mass is 10.0. The minimum atomic E-state index is -1.24. The summed E-state index contributed by atoms with van der Waals surface area (Å²) in [4.78, 5) is 40.5. The van der Waals surface area contributed by atoms with Crippen molar-refractivity contribution >= 4 is 40.6 Å². The fraction of sp³-hybridized carbons (Fsp3) is 0.308. The van der Waals surface area contributed by atoms with E-state index in [1.54, 1.807) is 24.3 Å². The summed E-state index contributed by atoms with van der Waals surface area (Å²) < 4.78 is 29.4. The summed E-state index contributed by atoms with van der Waals surface area (Å²) in [7, 11) is 0. The van der Waals surface area contributed by atoms with Crippen LogP contribution in [0.5, 0.6) is 5.75 Å². The topological polar surface area (TPSA) is 150 Å². The van der Waals surface area contributed by atoms with E-state index in [-0.39, 0.29) is 34.6 Å². The number of halogens is 1. The molecule has 2 heterocycles. The third-order valence-electron chi connectivity index (χ3n) is 6.00. The first-order chi connectivity index (χ1) is 18.3. The van der Waals surface area contributed by atoms with Crippen LogP contribution in [0.4, 0.5) is 15.8 Å². The van der Waals surface area contributed by atoms with Crippen molar-refractivity contribution in [2.24, 2.45) is 5.73 Å². The number of rotatable bonds is 10. The highest BCUT2D eigenvalue weighted by molar-refractivity contribution is 7.09. The number of hydrogen-bond acceptors (Lipinski definition) is 8. The van der Waals surface area contributed by atoms with Crippen molar-refractivity contribution in [3.8, 4) is 5.75 Å². The number of amides is 3. The van der Waals surface area contributed by atoms with E-state index in [1.165, 1.54) is 18.2 Å². The molecule has 0 spiro atoms. The number of nitrogens with zero attached hydrogens (tertiary/aromatic N) is 2. The molecule has 1 aromatic heterocycles. The van der Waals surface area contributed by atoms with Crippen LogP contribution in [0.3, 0.4) is 0 Å². The van der Waals surface area contributed by atoms with E-state index in [2.05, 4.69) is 9.69 Å². The van der Waals surface area contributed by atoms with E-state index < -0.39 is 29.6 Å². The first kappa shape index (κ1) is 27.0. The lowest BCUT2D eigenvalue weighted by Crippen LogP contribution is -2.45. The van der Waals surface area contributed by atoms with Gasteiger partial charge in [-0.2, -0.15) is 4.37 Å². The number of nitrogens with two attached hydrogens (primary N) is 2. The molecule has 0 saturated carbocycles. The number of benzene rings is 2. The van der Waals surface area contributed by atoms with Gasteiger partial charge in [-0.25, -0.2) is 4.39 Å². The summed E-state index contributed by atoms with van der Waals surface area (Å²) in [6.07, 6.45) is 1.55. The fourth-order valence-electron chi connectivity index (χ4n) is 4.20. The molecule has 2 aromatic carbocycles. The van der Waals surface area contributed by atoms with Gasteiger partial charge in [0.05, 0.1) is 18.4 Å². The Bertz CT molecular complexity index is 1310. The Balaban J connectivity index is 1.80. The summed E-state index contributed by atoms with van der Waals surface area (Å²) in [5.41, 5.74) is 11.5. The van der Waals surface area contributed by atoms with E-state index >= 15 is 0 Å². The Morgan fingerprint density at radius 3 is 2.63 bits per heavy atom. The van der Waals surface area contributed by atoms with Gasteiger partial charge >= 0.3 is 0 Å². The van der Waals surface area contributed by atoms with E-state index in [0.717, 1.165) is 23.8 Å². The van der Waals surface area contributed by atoms with E-state index in [4.69, 9.17) is 20.9 Å². The van der Waals surface area contributed by atoms with Crippen molar-refractivity contribution in [1.82, 2.24) is 9.69 Å². The minimum Gasteiger partial charge on any atom is -0.494 e. The highest BCUT2D eigenvalue weighted by atomic mass is 32.1. The molecule has 3 amide bonds. The van der Waals surface area contributed by atoms with Gasteiger partial charge in [0.1, 0.15) is 22.5 Å². The predicted molar refractivity (Wildman–Crippen MR) is 141 cm³/mol. The van der Waals surface area contributed by atoms with Crippen molar-refractivity contribution in [3.63, 3.8) is 0 Å². The molecule has 12 heteroatoms. The van der Waals surface area contributed by atoms with Gasteiger partial charge < -0.3 is 26.3 Å². The van der Waals surface area contributed by atoms with Gasteiger partial charge in [-0.05, 0) is 67.2 Å². The third-order valence-corrected chi connectivity index (χ3v) is 6.85. The molecule has 1 aliphatic heterocycles. The molecule has 0 aliphatic carbocycles. The molecule has 200 valence electrons. The number of aromatic nitrogens is 1. The highest BCUT2D eigenvalue weighted by Crippen LogP contribution is 2.34. The van der Waals surface area contributed by atoms with Gasteiger partial charge in [-0.3, -0.25) is 19.3 Å². The number of nitrogens with one attached hydrogen (secondary N) is 1. The summed E-state index contributed by atoms with van der Waals surface area (Å²) >= 11 is 0.674. The number of anilines is 2. The average molecular weight is 542 g/mol. The Morgan fingerprint density at radius 1 is 1.26 bits per heavy atom. The van der Waals surface area contributed by atoms with Crippen molar-refractivity contribution in [2.45, 2.75) is 31.9 Å². The Labute approximate surface area is 222 Å². The zero-order valence-electron chi connectivity index (χ0n) is 20.7.